The minimum atomic E-state index is -4.24. The molecule has 0 saturated carbocycles. The summed E-state index contributed by atoms with van der Waals surface area (Å²) in [7, 11) is -4.24. The topological polar surface area (TPSA) is 37.4 Å². The summed E-state index contributed by atoms with van der Waals surface area (Å²) >= 11 is 0. The van der Waals surface area contributed by atoms with Gasteiger partial charge >= 0.3 is 6.55 Å². The second-order valence-corrected chi connectivity index (χ2v) is 7.37. The molecule has 23 heavy (non-hydrogen) atoms. The predicted molar refractivity (Wildman–Crippen MR) is 85.9 cm³/mol. The molecule has 2 rings (SSSR count). The van der Waals surface area contributed by atoms with Crippen LogP contribution in [0.4, 0.5) is 8.78 Å². The molecule has 2 aromatic rings. The molecule has 0 radical (unpaired) electrons. The van der Waals surface area contributed by atoms with Crippen molar-refractivity contribution in [1.29, 1.82) is 0 Å². The normalized spacial score (nSPS) is 13.5. The fourth-order valence-electron chi connectivity index (χ4n) is 2.29. The van der Waals surface area contributed by atoms with E-state index in [1.54, 1.807) is 50.2 Å². The quantitative estimate of drug-likeness (QED) is 0.746. The van der Waals surface area contributed by atoms with Crippen molar-refractivity contribution in [3.05, 3.63) is 65.7 Å². The van der Waals surface area contributed by atoms with E-state index in [1.807, 2.05) is 6.07 Å². The van der Waals surface area contributed by atoms with Gasteiger partial charge in [-0.2, -0.15) is 8.78 Å². The van der Waals surface area contributed by atoms with Gasteiger partial charge in [-0.25, -0.2) is 8.42 Å². The predicted octanol–water partition coefficient (Wildman–Crippen LogP) is 4.01. The van der Waals surface area contributed by atoms with Crippen LogP contribution in [0.1, 0.15) is 24.0 Å². The summed E-state index contributed by atoms with van der Waals surface area (Å²) < 4.78 is 52.0. The zero-order chi connectivity index (χ0) is 17.0. The Labute approximate surface area is 135 Å². The van der Waals surface area contributed by atoms with Crippen LogP contribution in [0.2, 0.25) is 0 Å². The van der Waals surface area contributed by atoms with E-state index in [4.69, 9.17) is 0 Å². The van der Waals surface area contributed by atoms with Crippen molar-refractivity contribution in [2.24, 2.45) is 0 Å². The highest BCUT2D eigenvalue weighted by Crippen LogP contribution is 2.25. The van der Waals surface area contributed by atoms with Crippen molar-refractivity contribution < 1.29 is 17.2 Å². The van der Waals surface area contributed by atoms with Crippen molar-refractivity contribution in [2.45, 2.75) is 31.2 Å². The van der Waals surface area contributed by atoms with E-state index in [0.717, 1.165) is 11.1 Å². The molecule has 1 atom stereocenters. The molecule has 0 aliphatic rings. The smallest absolute Gasteiger partial charge is 0.207 e. The van der Waals surface area contributed by atoms with Crippen molar-refractivity contribution in [2.75, 3.05) is 6.54 Å². The van der Waals surface area contributed by atoms with Crippen LogP contribution in [0.25, 0.3) is 0 Å². The van der Waals surface area contributed by atoms with Gasteiger partial charge in [0.2, 0.25) is 10.0 Å². The fourth-order valence-corrected chi connectivity index (χ4v) is 3.67. The largest absolute Gasteiger partial charge is 0.307 e. The van der Waals surface area contributed by atoms with Gasteiger partial charge < -0.3 is 0 Å². The summed E-state index contributed by atoms with van der Waals surface area (Å²) in [6.07, 6.45) is 0. The van der Waals surface area contributed by atoms with Gasteiger partial charge in [0.15, 0.2) is 0 Å². The first-order valence-electron chi connectivity index (χ1n) is 7.24. The lowest BCUT2D eigenvalue weighted by Crippen LogP contribution is -2.38. The van der Waals surface area contributed by atoms with Gasteiger partial charge in [0.25, 0.3) is 0 Å². The van der Waals surface area contributed by atoms with Crippen LogP contribution in [0.5, 0.6) is 0 Å². The van der Waals surface area contributed by atoms with Crippen LogP contribution in [0, 0.1) is 6.92 Å². The zero-order valence-electron chi connectivity index (χ0n) is 13.0. The lowest BCUT2D eigenvalue weighted by molar-refractivity contribution is 0.0288. The molecule has 6 heteroatoms. The number of aryl methyl sites for hydroxylation is 1. The molecule has 0 bridgehead atoms. The molecule has 2 aromatic carbocycles. The zero-order valence-corrected chi connectivity index (χ0v) is 13.8. The maximum absolute atomic E-state index is 13.4. The Morgan fingerprint density at radius 1 is 1.00 bits per heavy atom. The van der Waals surface area contributed by atoms with E-state index < -0.39 is 16.6 Å². The fraction of sp³-hybridized carbons (Fsp3) is 0.294. The second kappa shape index (κ2) is 7.19. The first-order chi connectivity index (χ1) is 10.8. The summed E-state index contributed by atoms with van der Waals surface area (Å²) in [6, 6.07) is 14.9. The Morgan fingerprint density at radius 2 is 1.57 bits per heavy atom. The Balaban J connectivity index is 2.29. The summed E-state index contributed by atoms with van der Waals surface area (Å²) in [6.45, 7) is 0.166. The first-order valence-corrected chi connectivity index (χ1v) is 8.68. The average molecular weight is 339 g/mol. The molecule has 0 fully saturated rings. The third-order valence-corrected chi connectivity index (χ3v) is 5.46. The monoisotopic (exact) mass is 339 g/mol. The van der Waals surface area contributed by atoms with E-state index in [1.165, 1.54) is 12.1 Å². The molecule has 0 spiro atoms. The molecule has 0 aliphatic heterocycles. The molecule has 124 valence electrons. The van der Waals surface area contributed by atoms with Crippen molar-refractivity contribution in [3.63, 3.8) is 0 Å². The van der Waals surface area contributed by atoms with Crippen molar-refractivity contribution in [1.82, 2.24) is 4.31 Å². The average Bonchev–Trinajstić information content (AvgIpc) is 2.53. The second-order valence-electron chi connectivity index (χ2n) is 5.48. The molecule has 0 saturated heterocycles. The number of rotatable bonds is 6. The van der Waals surface area contributed by atoms with Gasteiger partial charge in [-0.3, -0.25) is 0 Å². The van der Waals surface area contributed by atoms with Gasteiger partial charge in [0.05, 0.1) is 4.90 Å². The Hall–Kier alpha value is -1.79. The molecule has 0 aromatic heterocycles. The lowest BCUT2D eigenvalue weighted by atomic mass is 10.0. The maximum atomic E-state index is 13.4. The van der Waals surface area contributed by atoms with Gasteiger partial charge in [-0.1, -0.05) is 55.0 Å². The molecule has 1 unspecified atom stereocenters. The van der Waals surface area contributed by atoms with Gasteiger partial charge in [0.1, 0.15) is 0 Å². The molecule has 3 nitrogen and oxygen atoms in total. The summed E-state index contributed by atoms with van der Waals surface area (Å²) in [4.78, 5) is -0.122. The standard InChI is InChI=1S/C17H19F2NO2S/c1-13-8-10-16(11-9-13)23(21,22)20(17(18)19)12-14(2)15-6-4-3-5-7-15/h3-11,14,17H,12H2,1-2H3. The van der Waals surface area contributed by atoms with Gasteiger partial charge in [0, 0.05) is 6.54 Å². The highest BCUT2D eigenvalue weighted by Gasteiger charge is 2.33. The van der Waals surface area contributed by atoms with E-state index in [2.05, 4.69) is 0 Å². The number of benzene rings is 2. The molecule has 0 amide bonds. The number of alkyl halides is 2. The number of nitrogens with zero attached hydrogens (tertiary/aromatic N) is 1. The maximum Gasteiger partial charge on any atom is 0.307 e. The Morgan fingerprint density at radius 3 is 2.09 bits per heavy atom. The van der Waals surface area contributed by atoms with Crippen LogP contribution >= 0.6 is 0 Å². The number of sulfonamides is 1. The van der Waals surface area contributed by atoms with E-state index >= 15 is 0 Å². The summed E-state index contributed by atoms with van der Waals surface area (Å²) in [5.74, 6) is -0.342. The van der Waals surface area contributed by atoms with E-state index in [9.17, 15) is 17.2 Å². The molecule has 0 N–H and O–H groups in total. The van der Waals surface area contributed by atoms with Crippen LogP contribution in [-0.2, 0) is 10.0 Å². The third kappa shape index (κ3) is 4.14. The van der Waals surface area contributed by atoms with Crippen molar-refractivity contribution >= 4 is 10.0 Å². The first kappa shape index (κ1) is 17.6. The van der Waals surface area contributed by atoms with E-state index in [0.29, 0.717) is 0 Å². The van der Waals surface area contributed by atoms with E-state index in [-0.39, 0.29) is 21.7 Å². The molecule has 0 heterocycles. The third-order valence-electron chi connectivity index (χ3n) is 3.67. The van der Waals surface area contributed by atoms with Crippen molar-refractivity contribution in [3.8, 4) is 0 Å². The van der Waals surface area contributed by atoms with Gasteiger partial charge in [-0.15, -0.1) is 4.31 Å². The Kier molecular flexibility index (Phi) is 5.49. The molecule has 0 aliphatic carbocycles. The minimum Gasteiger partial charge on any atom is -0.207 e. The Bertz CT molecular complexity index is 731. The minimum absolute atomic E-state index is 0.122. The number of hydrogen-bond acceptors (Lipinski definition) is 2. The number of hydrogen-bond donors (Lipinski definition) is 0. The van der Waals surface area contributed by atoms with Crippen LogP contribution < -0.4 is 0 Å². The SMILES string of the molecule is Cc1ccc(S(=O)(=O)N(CC(C)c2ccccc2)C(F)F)cc1. The highest BCUT2D eigenvalue weighted by atomic mass is 32.2. The highest BCUT2D eigenvalue weighted by molar-refractivity contribution is 7.89. The summed E-state index contributed by atoms with van der Waals surface area (Å²) in [5.41, 5.74) is 1.68. The summed E-state index contributed by atoms with van der Waals surface area (Å²) in [5, 5.41) is 0. The molecular weight excluding hydrogens is 320 g/mol. The molecular formula is C17H19F2NO2S. The number of halogens is 2. The lowest BCUT2D eigenvalue weighted by Gasteiger charge is -2.24. The van der Waals surface area contributed by atoms with Gasteiger partial charge in [-0.05, 0) is 30.5 Å². The van der Waals surface area contributed by atoms with Crippen LogP contribution in [-0.4, -0.2) is 25.8 Å². The van der Waals surface area contributed by atoms with Crippen LogP contribution in [0.15, 0.2) is 59.5 Å². The van der Waals surface area contributed by atoms with Crippen LogP contribution in [0.3, 0.4) is 0 Å².